The quantitative estimate of drug-likeness (QED) is 0.419. The zero-order valence-corrected chi connectivity index (χ0v) is 14.7. The van der Waals surface area contributed by atoms with Crippen LogP contribution in [0.5, 0.6) is 0 Å². The summed E-state index contributed by atoms with van der Waals surface area (Å²) < 4.78 is 0. The summed E-state index contributed by atoms with van der Waals surface area (Å²) in [6.07, 6.45) is 20.5. The van der Waals surface area contributed by atoms with Gasteiger partial charge in [-0.25, -0.2) is 0 Å². The van der Waals surface area contributed by atoms with Gasteiger partial charge in [-0.15, -0.1) is 0 Å². The van der Waals surface area contributed by atoms with Gasteiger partial charge in [-0.3, -0.25) is 0 Å². The van der Waals surface area contributed by atoms with Gasteiger partial charge in [0.25, 0.3) is 0 Å². The Morgan fingerprint density at radius 3 is 2.62 bits per heavy atom. The van der Waals surface area contributed by atoms with Crippen LogP contribution in [-0.4, -0.2) is 0 Å². The van der Waals surface area contributed by atoms with Crippen molar-refractivity contribution < 1.29 is 0 Å². The lowest BCUT2D eigenvalue weighted by Gasteiger charge is -2.25. The fraction of sp³-hybridized carbons (Fsp3) is 0.810. The van der Waals surface area contributed by atoms with Gasteiger partial charge in [0.1, 0.15) is 0 Å². The minimum Gasteiger partial charge on any atom is -0.0811 e. The average Bonchev–Trinajstić information content (AvgIpc) is 3.00. The van der Waals surface area contributed by atoms with E-state index in [1.54, 1.807) is 5.57 Å². The minimum absolute atomic E-state index is 0.770. The van der Waals surface area contributed by atoms with Gasteiger partial charge in [-0.1, -0.05) is 77.0 Å². The second-order valence-electron chi connectivity index (χ2n) is 7.71. The first-order chi connectivity index (χ1) is 10.2. The predicted octanol–water partition coefficient (Wildman–Crippen LogP) is 7.07. The Hall–Kier alpha value is -0.520. The average molecular weight is 289 g/mol. The molecule has 1 saturated carbocycles. The highest BCUT2D eigenvalue weighted by Gasteiger charge is 2.24. The molecule has 0 spiro atoms. The van der Waals surface area contributed by atoms with Gasteiger partial charge >= 0.3 is 0 Å². The Morgan fingerprint density at radius 1 is 1.14 bits per heavy atom. The summed E-state index contributed by atoms with van der Waals surface area (Å²) in [5, 5.41) is 0. The highest BCUT2D eigenvalue weighted by atomic mass is 14.3. The maximum Gasteiger partial charge on any atom is -0.0197 e. The molecule has 1 fully saturated rings. The molecule has 0 radical (unpaired) electrons. The summed E-state index contributed by atoms with van der Waals surface area (Å²) >= 11 is 0. The molecule has 0 nitrogen and oxygen atoms in total. The number of rotatable bonds is 8. The first-order valence-corrected chi connectivity index (χ1v) is 9.60. The summed E-state index contributed by atoms with van der Waals surface area (Å²) in [4.78, 5) is 0. The van der Waals surface area contributed by atoms with E-state index < -0.39 is 0 Å². The van der Waals surface area contributed by atoms with Crippen LogP contribution in [0.2, 0.25) is 0 Å². The van der Waals surface area contributed by atoms with Crippen molar-refractivity contribution >= 4 is 0 Å². The third-order valence-electron chi connectivity index (χ3n) is 5.64. The Morgan fingerprint density at radius 2 is 1.90 bits per heavy atom. The van der Waals surface area contributed by atoms with E-state index in [4.69, 9.17) is 0 Å². The van der Waals surface area contributed by atoms with Gasteiger partial charge in [0.2, 0.25) is 0 Å². The number of hydrogen-bond acceptors (Lipinski definition) is 0. The monoisotopic (exact) mass is 288 g/mol. The van der Waals surface area contributed by atoms with E-state index in [0.29, 0.717) is 0 Å². The molecule has 0 amide bonds. The molecule has 0 heterocycles. The SMILES string of the molecule is CCCCCC(C)CCC1=C(C2CCCC2)CC(C)C=C1. The molecule has 2 aliphatic carbocycles. The van der Waals surface area contributed by atoms with E-state index in [0.717, 1.165) is 17.8 Å². The first kappa shape index (κ1) is 16.8. The maximum atomic E-state index is 2.49. The second-order valence-corrected chi connectivity index (χ2v) is 7.71. The molecule has 0 aliphatic heterocycles. The van der Waals surface area contributed by atoms with E-state index in [1.165, 1.54) is 70.6 Å². The fourth-order valence-corrected chi connectivity index (χ4v) is 4.17. The van der Waals surface area contributed by atoms with Crippen molar-refractivity contribution in [3.05, 3.63) is 23.3 Å². The largest absolute Gasteiger partial charge is 0.0811 e. The van der Waals surface area contributed by atoms with Gasteiger partial charge in [-0.05, 0) is 55.4 Å². The lowest BCUT2D eigenvalue weighted by Crippen LogP contribution is -2.10. The standard InChI is InChI=1S/C21H36/c1-4-5-6-9-17(2)12-14-20-15-13-18(3)16-21(20)19-10-7-8-11-19/h13,15,17-19H,4-12,14,16H2,1-3H3. The first-order valence-electron chi connectivity index (χ1n) is 9.60. The lowest BCUT2D eigenvalue weighted by atomic mass is 9.80. The van der Waals surface area contributed by atoms with Crippen molar-refractivity contribution in [3.63, 3.8) is 0 Å². The van der Waals surface area contributed by atoms with Gasteiger partial charge in [-0.2, -0.15) is 0 Å². The van der Waals surface area contributed by atoms with Crippen molar-refractivity contribution in [1.29, 1.82) is 0 Å². The van der Waals surface area contributed by atoms with E-state index in [-0.39, 0.29) is 0 Å². The molecule has 0 aromatic carbocycles. The van der Waals surface area contributed by atoms with Crippen molar-refractivity contribution in [2.45, 2.75) is 91.4 Å². The van der Waals surface area contributed by atoms with Gasteiger partial charge in [0, 0.05) is 0 Å². The highest BCUT2D eigenvalue weighted by Crippen LogP contribution is 2.39. The Labute approximate surface area is 133 Å². The summed E-state index contributed by atoms with van der Waals surface area (Å²) in [5.41, 5.74) is 3.57. The van der Waals surface area contributed by atoms with Crippen molar-refractivity contribution in [1.82, 2.24) is 0 Å². The maximum absolute atomic E-state index is 2.49. The molecule has 0 aromatic rings. The Kier molecular flexibility index (Phi) is 7.07. The molecule has 0 bridgehead atoms. The Balaban J connectivity index is 1.88. The van der Waals surface area contributed by atoms with Gasteiger partial charge in [0.05, 0.1) is 0 Å². The molecule has 2 aliphatic rings. The van der Waals surface area contributed by atoms with Crippen LogP contribution >= 0.6 is 0 Å². The lowest BCUT2D eigenvalue weighted by molar-refractivity contribution is 0.460. The Bertz CT molecular complexity index is 354. The summed E-state index contributed by atoms with van der Waals surface area (Å²) in [7, 11) is 0. The van der Waals surface area contributed by atoms with Crippen molar-refractivity contribution in [2.75, 3.05) is 0 Å². The topological polar surface area (TPSA) is 0 Å². The molecule has 2 unspecified atom stereocenters. The van der Waals surface area contributed by atoms with E-state index in [1.807, 2.05) is 5.57 Å². The van der Waals surface area contributed by atoms with Crippen LogP contribution in [0, 0.1) is 17.8 Å². The molecular weight excluding hydrogens is 252 g/mol. The van der Waals surface area contributed by atoms with Crippen LogP contribution in [0.15, 0.2) is 23.3 Å². The molecule has 2 atom stereocenters. The number of hydrogen-bond donors (Lipinski definition) is 0. The van der Waals surface area contributed by atoms with Crippen LogP contribution in [0.3, 0.4) is 0 Å². The molecule has 0 aromatic heterocycles. The normalized spacial score (nSPS) is 24.8. The molecule has 2 rings (SSSR count). The molecule has 120 valence electrons. The fourth-order valence-electron chi connectivity index (χ4n) is 4.17. The van der Waals surface area contributed by atoms with Gasteiger partial charge < -0.3 is 0 Å². The van der Waals surface area contributed by atoms with E-state index in [2.05, 4.69) is 32.9 Å². The van der Waals surface area contributed by atoms with Crippen LogP contribution < -0.4 is 0 Å². The molecule has 21 heavy (non-hydrogen) atoms. The van der Waals surface area contributed by atoms with Crippen molar-refractivity contribution in [3.8, 4) is 0 Å². The van der Waals surface area contributed by atoms with Crippen LogP contribution in [-0.2, 0) is 0 Å². The third-order valence-corrected chi connectivity index (χ3v) is 5.64. The summed E-state index contributed by atoms with van der Waals surface area (Å²) in [6.45, 7) is 7.15. The molecular formula is C21H36. The number of allylic oxidation sites excluding steroid dienone is 4. The van der Waals surface area contributed by atoms with E-state index >= 15 is 0 Å². The predicted molar refractivity (Wildman–Crippen MR) is 94.4 cm³/mol. The number of unbranched alkanes of at least 4 members (excludes halogenated alkanes) is 2. The minimum atomic E-state index is 0.770. The highest BCUT2D eigenvalue weighted by molar-refractivity contribution is 5.32. The smallest absolute Gasteiger partial charge is 0.0197 e. The summed E-state index contributed by atoms with van der Waals surface area (Å²) in [6, 6.07) is 0. The van der Waals surface area contributed by atoms with Gasteiger partial charge in [0.15, 0.2) is 0 Å². The molecule has 0 saturated heterocycles. The molecule has 0 heteroatoms. The zero-order valence-electron chi connectivity index (χ0n) is 14.7. The van der Waals surface area contributed by atoms with Crippen molar-refractivity contribution in [2.24, 2.45) is 17.8 Å². The van der Waals surface area contributed by atoms with Crippen LogP contribution in [0.1, 0.15) is 91.4 Å². The van der Waals surface area contributed by atoms with Crippen LogP contribution in [0.25, 0.3) is 0 Å². The molecule has 0 N–H and O–H groups in total. The zero-order chi connectivity index (χ0) is 15.1. The second kappa shape index (κ2) is 8.81. The third kappa shape index (κ3) is 5.31. The van der Waals surface area contributed by atoms with E-state index in [9.17, 15) is 0 Å². The van der Waals surface area contributed by atoms with Crippen LogP contribution in [0.4, 0.5) is 0 Å². The summed E-state index contributed by atoms with van der Waals surface area (Å²) in [5.74, 6) is 2.61.